The molecule has 2 nitrogen and oxygen atoms in total. The smallest absolute Gasteiger partial charge is 0.133 e. The molecule has 0 saturated heterocycles. The molecule has 0 amide bonds. The number of nitrogens with two attached hydrogens (primary N) is 1. The summed E-state index contributed by atoms with van der Waals surface area (Å²) in [5.41, 5.74) is 9.01. The highest BCUT2D eigenvalue weighted by molar-refractivity contribution is 6.30. The van der Waals surface area contributed by atoms with Gasteiger partial charge in [-0.1, -0.05) is 31.5 Å². The molecule has 0 aliphatic rings. The summed E-state index contributed by atoms with van der Waals surface area (Å²) < 4.78 is 0. The number of nitrogens with zero attached hydrogens (tertiary/aromatic N) is 1. The summed E-state index contributed by atoms with van der Waals surface area (Å²) in [4.78, 5) is 4.42. The van der Waals surface area contributed by atoms with Gasteiger partial charge in [-0.3, -0.25) is 0 Å². The van der Waals surface area contributed by atoms with E-state index in [0.29, 0.717) is 11.1 Å². The molecule has 0 bridgehead atoms. The van der Waals surface area contributed by atoms with Crippen LogP contribution in [0.2, 0.25) is 5.15 Å². The van der Waals surface area contributed by atoms with E-state index in [0.717, 1.165) is 22.0 Å². The molecule has 3 heteroatoms. The number of hydrogen-bond acceptors (Lipinski definition) is 2. The van der Waals surface area contributed by atoms with Crippen LogP contribution in [0.3, 0.4) is 0 Å². The summed E-state index contributed by atoms with van der Waals surface area (Å²) in [6.45, 7) is 6.21. The number of aromatic nitrogens is 1. The standard InChI is InChI=1S/C14H17ClN2/c1-8(2)12-7-11-6-10(9(3)16)4-5-13(11)17-14(12)15/h4-9H,16H2,1-3H3. The average molecular weight is 249 g/mol. The van der Waals surface area contributed by atoms with Gasteiger partial charge < -0.3 is 5.73 Å². The Morgan fingerprint density at radius 3 is 2.47 bits per heavy atom. The maximum atomic E-state index is 6.16. The molecule has 1 heterocycles. The zero-order chi connectivity index (χ0) is 12.6. The number of pyridine rings is 1. The van der Waals surface area contributed by atoms with Crippen molar-refractivity contribution in [3.8, 4) is 0 Å². The molecule has 1 atom stereocenters. The minimum Gasteiger partial charge on any atom is -0.324 e. The largest absolute Gasteiger partial charge is 0.324 e. The first-order valence-electron chi connectivity index (χ1n) is 5.84. The van der Waals surface area contributed by atoms with E-state index in [9.17, 15) is 0 Å². The van der Waals surface area contributed by atoms with Gasteiger partial charge in [-0.15, -0.1) is 0 Å². The quantitative estimate of drug-likeness (QED) is 0.815. The zero-order valence-electron chi connectivity index (χ0n) is 10.4. The zero-order valence-corrected chi connectivity index (χ0v) is 11.1. The normalized spacial score (nSPS) is 13.3. The van der Waals surface area contributed by atoms with Gasteiger partial charge in [-0.2, -0.15) is 0 Å². The van der Waals surface area contributed by atoms with Crippen LogP contribution in [0.4, 0.5) is 0 Å². The first-order chi connectivity index (χ1) is 7.99. The van der Waals surface area contributed by atoms with Crippen LogP contribution in [-0.2, 0) is 0 Å². The van der Waals surface area contributed by atoms with Gasteiger partial charge in [0, 0.05) is 11.4 Å². The monoisotopic (exact) mass is 248 g/mol. The molecule has 90 valence electrons. The summed E-state index contributed by atoms with van der Waals surface area (Å²) >= 11 is 6.16. The minimum atomic E-state index is 0.0394. The first-order valence-corrected chi connectivity index (χ1v) is 6.22. The first kappa shape index (κ1) is 12.3. The van der Waals surface area contributed by atoms with Crippen molar-refractivity contribution in [1.29, 1.82) is 0 Å². The van der Waals surface area contributed by atoms with Crippen LogP contribution in [-0.4, -0.2) is 4.98 Å². The molecular formula is C14H17ClN2. The molecule has 0 saturated carbocycles. The predicted molar refractivity (Wildman–Crippen MR) is 73.4 cm³/mol. The Kier molecular flexibility index (Phi) is 3.36. The van der Waals surface area contributed by atoms with Crippen LogP contribution < -0.4 is 5.73 Å². The molecule has 1 aromatic heterocycles. The van der Waals surface area contributed by atoms with Crippen molar-refractivity contribution < 1.29 is 0 Å². The van der Waals surface area contributed by atoms with E-state index in [1.165, 1.54) is 0 Å². The Balaban J connectivity index is 2.64. The molecule has 1 unspecified atom stereocenters. The highest BCUT2D eigenvalue weighted by Crippen LogP contribution is 2.27. The number of rotatable bonds is 2. The Labute approximate surface area is 107 Å². The van der Waals surface area contributed by atoms with Crippen LogP contribution in [0.15, 0.2) is 24.3 Å². The highest BCUT2D eigenvalue weighted by atomic mass is 35.5. The third kappa shape index (κ3) is 2.43. The van der Waals surface area contributed by atoms with Crippen molar-refractivity contribution in [2.24, 2.45) is 5.73 Å². The Morgan fingerprint density at radius 1 is 1.18 bits per heavy atom. The van der Waals surface area contributed by atoms with Crippen molar-refractivity contribution in [3.63, 3.8) is 0 Å². The van der Waals surface area contributed by atoms with Gasteiger partial charge in [-0.25, -0.2) is 4.98 Å². The van der Waals surface area contributed by atoms with Crippen LogP contribution in [0.1, 0.15) is 43.9 Å². The van der Waals surface area contributed by atoms with Gasteiger partial charge in [0.25, 0.3) is 0 Å². The van der Waals surface area contributed by atoms with Crippen LogP contribution in [0.25, 0.3) is 10.9 Å². The van der Waals surface area contributed by atoms with Crippen LogP contribution in [0, 0.1) is 0 Å². The van der Waals surface area contributed by atoms with E-state index in [2.05, 4.69) is 31.0 Å². The molecule has 0 aliphatic heterocycles. The highest BCUT2D eigenvalue weighted by Gasteiger charge is 2.09. The van der Waals surface area contributed by atoms with E-state index >= 15 is 0 Å². The summed E-state index contributed by atoms with van der Waals surface area (Å²) in [6.07, 6.45) is 0. The maximum Gasteiger partial charge on any atom is 0.133 e. The van der Waals surface area contributed by atoms with Crippen LogP contribution >= 0.6 is 11.6 Å². The van der Waals surface area contributed by atoms with Gasteiger partial charge >= 0.3 is 0 Å². The van der Waals surface area contributed by atoms with Gasteiger partial charge in [0.05, 0.1) is 5.52 Å². The lowest BCUT2D eigenvalue weighted by Crippen LogP contribution is -2.04. The molecule has 2 N–H and O–H groups in total. The van der Waals surface area contributed by atoms with Crippen LogP contribution in [0.5, 0.6) is 0 Å². The number of hydrogen-bond donors (Lipinski definition) is 1. The third-order valence-corrected chi connectivity index (χ3v) is 3.27. The average Bonchev–Trinajstić information content (AvgIpc) is 2.27. The van der Waals surface area contributed by atoms with E-state index in [-0.39, 0.29) is 6.04 Å². The number of benzene rings is 1. The van der Waals surface area contributed by atoms with Crippen molar-refractivity contribution in [1.82, 2.24) is 4.98 Å². The lowest BCUT2D eigenvalue weighted by atomic mass is 10.0. The minimum absolute atomic E-state index is 0.0394. The second-order valence-corrected chi connectivity index (χ2v) is 5.12. The summed E-state index contributed by atoms with van der Waals surface area (Å²) in [6, 6.07) is 8.23. The van der Waals surface area contributed by atoms with Gasteiger partial charge in [0.1, 0.15) is 5.15 Å². The van der Waals surface area contributed by atoms with Crippen molar-refractivity contribution in [3.05, 3.63) is 40.5 Å². The Morgan fingerprint density at radius 2 is 1.88 bits per heavy atom. The molecule has 0 spiro atoms. The molecule has 2 rings (SSSR count). The molecule has 0 aliphatic carbocycles. The summed E-state index contributed by atoms with van der Waals surface area (Å²) in [5.74, 6) is 0.373. The number of halogens is 1. The SMILES string of the molecule is CC(C)c1cc2cc(C(C)N)ccc2nc1Cl. The summed E-state index contributed by atoms with van der Waals surface area (Å²) in [7, 11) is 0. The fourth-order valence-electron chi connectivity index (χ4n) is 1.88. The molecular weight excluding hydrogens is 232 g/mol. The molecule has 0 fully saturated rings. The fraction of sp³-hybridized carbons (Fsp3) is 0.357. The third-order valence-electron chi connectivity index (χ3n) is 2.97. The second kappa shape index (κ2) is 4.63. The predicted octanol–water partition coefficient (Wildman–Crippen LogP) is 4.03. The van der Waals surface area contributed by atoms with Crippen molar-refractivity contribution in [2.75, 3.05) is 0 Å². The second-order valence-electron chi connectivity index (χ2n) is 4.76. The Bertz CT molecular complexity index is 547. The van der Waals surface area contributed by atoms with Gasteiger partial charge in [0.2, 0.25) is 0 Å². The Hall–Kier alpha value is -1.12. The van der Waals surface area contributed by atoms with Gasteiger partial charge in [-0.05, 0) is 42.2 Å². The van der Waals surface area contributed by atoms with E-state index in [4.69, 9.17) is 17.3 Å². The molecule has 2 aromatic rings. The van der Waals surface area contributed by atoms with E-state index < -0.39 is 0 Å². The lowest BCUT2D eigenvalue weighted by molar-refractivity contribution is 0.819. The van der Waals surface area contributed by atoms with Gasteiger partial charge in [0.15, 0.2) is 0 Å². The van der Waals surface area contributed by atoms with Crippen molar-refractivity contribution in [2.45, 2.75) is 32.7 Å². The maximum absolute atomic E-state index is 6.16. The van der Waals surface area contributed by atoms with Crippen molar-refractivity contribution >= 4 is 22.5 Å². The topological polar surface area (TPSA) is 38.9 Å². The molecule has 17 heavy (non-hydrogen) atoms. The van der Waals surface area contributed by atoms with E-state index in [1.807, 2.05) is 19.1 Å². The summed E-state index contributed by atoms with van der Waals surface area (Å²) in [5, 5.41) is 1.70. The lowest BCUT2D eigenvalue weighted by Gasteiger charge is -2.11. The van der Waals surface area contributed by atoms with E-state index in [1.54, 1.807) is 0 Å². The fourth-order valence-corrected chi connectivity index (χ4v) is 2.24. The number of fused-ring (bicyclic) bond motifs is 1. The molecule has 0 radical (unpaired) electrons. The molecule has 1 aromatic carbocycles.